The summed E-state index contributed by atoms with van der Waals surface area (Å²) in [5.41, 5.74) is 1.61. The Labute approximate surface area is 187 Å². The molecule has 0 spiro atoms. The number of nitrogens with zero attached hydrogens (tertiary/aromatic N) is 2. The van der Waals surface area contributed by atoms with Crippen LogP contribution in [0.1, 0.15) is 22.8 Å². The summed E-state index contributed by atoms with van der Waals surface area (Å²) in [6.07, 6.45) is 0. The second-order valence-corrected chi connectivity index (χ2v) is 8.23. The highest BCUT2D eigenvalue weighted by Gasteiger charge is 2.22. The topological polar surface area (TPSA) is 85.8 Å². The summed E-state index contributed by atoms with van der Waals surface area (Å²) in [4.78, 5) is 31.5. The molecule has 31 heavy (non-hydrogen) atoms. The minimum Gasteiger partial charge on any atom is -0.357 e. The van der Waals surface area contributed by atoms with Crippen molar-refractivity contribution in [3.63, 3.8) is 0 Å². The first-order valence-electron chi connectivity index (χ1n) is 10.5. The van der Waals surface area contributed by atoms with Gasteiger partial charge in [0, 0.05) is 42.4 Å². The van der Waals surface area contributed by atoms with Crippen molar-refractivity contribution in [3.05, 3.63) is 65.7 Å². The van der Waals surface area contributed by atoms with Gasteiger partial charge in [0.15, 0.2) is 5.96 Å². The molecule has 2 aromatic carbocycles. The quantitative estimate of drug-likeness (QED) is 0.254. The molecule has 2 aromatic rings. The summed E-state index contributed by atoms with van der Waals surface area (Å²) in [5, 5.41) is 9.35. The second-order valence-electron chi connectivity index (χ2n) is 7.06. The Hall–Kier alpha value is -3.00. The Morgan fingerprint density at radius 1 is 1.13 bits per heavy atom. The molecule has 7 nitrogen and oxygen atoms in total. The summed E-state index contributed by atoms with van der Waals surface area (Å²) in [5.74, 6) is 1.49. The number of carbonyl (C=O) groups is 2. The van der Waals surface area contributed by atoms with Crippen molar-refractivity contribution in [2.75, 3.05) is 38.5 Å². The third-order valence-electron chi connectivity index (χ3n) is 4.70. The summed E-state index contributed by atoms with van der Waals surface area (Å²) in [7, 11) is 0. The minimum absolute atomic E-state index is 0.115. The van der Waals surface area contributed by atoms with Gasteiger partial charge in [-0.05, 0) is 36.8 Å². The lowest BCUT2D eigenvalue weighted by molar-refractivity contribution is -0.123. The van der Waals surface area contributed by atoms with E-state index in [1.165, 1.54) is 4.90 Å². The average Bonchev–Trinajstić information content (AvgIpc) is 2.81. The zero-order valence-corrected chi connectivity index (χ0v) is 18.6. The van der Waals surface area contributed by atoms with Gasteiger partial charge in [-0.2, -0.15) is 0 Å². The molecule has 0 unspecified atom stereocenters. The van der Waals surface area contributed by atoms with Crippen LogP contribution in [-0.4, -0.2) is 61.2 Å². The Bertz CT molecular complexity index is 887. The van der Waals surface area contributed by atoms with Gasteiger partial charge in [-0.3, -0.25) is 9.59 Å². The van der Waals surface area contributed by atoms with E-state index in [1.54, 1.807) is 28.8 Å². The SMILES string of the molecule is CCNC(=NCc1ccc(C(=O)N2CCNC(=O)C2)cc1)NCCSc1ccccc1. The van der Waals surface area contributed by atoms with Crippen LogP contribution in [0.25, 0.3) is 0 Å². The standard InChI is InChI=1S/C23H29N5O2S/c1-2-24-23(26-13-15-31-20-6-4-3-5-7-20)27-16-18-8-10-19(11-9-18)22(30)28-14-12-25-21(29)17-28/h3-11H,2,12-17H2,1H3,(H,25,29)(H2,24,26,27). The van der Waals surface area contributed by atoms with E-state index in [9.17, 15) is 9.59 Å². The van der Waals surface area contributed by atoms with E-state index in [4.69, 9.17) is 0 Å². The van der Waals surface area contributed by atoms with Crippen molar-refractivity contribution in [2.45, 2.75) is 18.4 Å². The lowest BCUT2D eigenvalue weighted by Gasteiger charge is -2.26. The van der Waals surface area contributed by atoms with Gasteiger partial charge in [0.2, 0.25) is 5.91 Å². The van der Waals surface area contributed by atoms with Crippen molar-refractivity contribution in [1.82, 2.24) is 20.9 Å². The Morgan fingerprint density at radius 3 is 2.61 bits per heavy atom. The van der Waals surface area contributed by atoms with E-state index < -0.39 is 0 Å². The highest BCUT2D eigenvalue weighted by Crippen LogP contribution is 2.15. The van der Waals surface area contributed by atoms with E-state index in [-0.39, 0.29) is 18.4 Å². The number of carbonyl (C=O) groups excluding carboxylic acids is 2. The van der Waals surface area contributed by atoms with E-state index in [0.717, 1.165) is 30.4 Å². The normalized spacial score (nSPS) is 14.2. The molecule has 1 fully saturated rings. The van der Waals surface area contributed by atoms with Crippen LogP contribution >= 0.6 is 11.8 Å². The van der Waals surface area contributed by atoms with Crippen molar-refractivity contribution in [1.29, 1.82) is 0 Å². The number of piperazine rings is 1. The monoisotopic (exact) mass is 439 g/mol. The minimum atomic E-state index is -0.115. The summed E-state index contributed by atoms with van der Waals surface area (Å²) >= 11 is 1.80. The number of nitrogens with one attached hydrogen (secondary N) is 3. The number of aliphatic imine (C=N–C) groups is 1. The number of amides is 2. The molecular formula is C23H29N5O2S. The Morgan fingerprint density at radius 2 is 1.90 bits per heavy atom. The molecule has 0 atom stereocenters. The Kier molecular flexibility index (Phi) is 8.78. The van der Waals surface area contributed by atoms with Crippen LogP contribution in [-0.2, 0) is 11.3 Å². The number of hydrogen-bond donors (Lipinski definition) is 3. The molecule has 0 aromatic heterocycles. The molecule has 3 rings (SSSR count). The fourth-order valence-electron chi connectivity index (χ4n) is 3.11. The summed E-state index contributed by atoms with van der Waals surface area (Å²) in [6, 6.07) is 17.8. The molecule has 0 bridgehead atoms. The van der Waals surface area contributed by atoms with Gasteiger partial charge >= 0.3 is 0 Å². The molecule has 164 valence electrons. The van der Waals surface area contributed by atoms with Gasteiger partial charge in [0.25, 0.3) is 5.91 Å². The smallest absolute Gasteiger partial charge is 0.254 e. The van der Waals surface area contributed by atoms with Gasteiger partial charge in [-0.25, -0.2) is 4.99 Å². The van der Waals surface area contributed by atoms with Gasteiger partial charge in [-0.1, -0.05) is 30.3 Å². The van der Waals surface area contributed by atoms with Gasteiger partial charge in [0.05, 0.1) is 13.1 Å². The molecule has 0 saturated carbocycles. The van der Waals surface area contributed by atoms with E-state index in [1.807, 2.05) is 37.3 Å². The van der Waals surface area contributed by atoms with Crippen molar-refractivity contribution < 1.29 is 9.59 Å². The molecule has 1 aliphatic rings. The fourth-order valence-corrected chi connectivity index (χ4v) is 3.90. The number of rotatable bonds is 8. The number of benzene rings is 2. The first-order valence-corrected chi connectivity index (χ1v) is 11.5. The second kappa shape index (κ2) is 12.0. The largest absolute Gasteiger partial charge is 0.357 e. The third-order valence-corrected chi connectivity index (χ3v) is 5.71. The first kappa shape index (κ1) is 22.7. The molecule has 2 amide bonds. The predicted octanol–water partition coefficient (Wildman–Crippen LogP) is 2.11. The molecule has 0 aliphatic carbocycles. The van der Waals surface area contributed by atoms with Crippen LogP contribution < -0.4 is 16.0 Å². The lowest BCUT2D eigenvalue weighted by Crippen LogP contribution is -2.49. The number of thioether (sulfide) groups is 1. The zero-order chi connectivity index (χ0) is 21.9. The van der Waals surface area contributed by atoms with Crippen LogP contribution in [0.5, 0.6) is 0 Å². The number of hydrogen-bond acceptors (Lipinski definition) is 4. The van der Waals surface area contributed by atoms with E-state index in [2.05, 4.69) is 33.1 Å². The lowest BCUT2D eigenvalue weighted by atomic mass is 10.1. The van der Waals surface area contributed by atoms with Gasteiger partial charge < -0.3 is 20.9 Å². The third kappa shape index (κ3) is 7.32. The predicted molar refractivity (Wildman–Crippen MR) is 125 cm³/mol. The van der Waals surface area contributed by atoms with Gasteiger partial charge in [-0.15, -0.1) is 11.8 Å². The van der Waals surface area contributed by atoms with E-state index >= 15 is 0 Å². The van der Waals surface area contributed by atoms with Crippen LogP contribution in [0.15, 0.2) is 64.5 Å². The van der Waals surface area contributed by atoms with Crippen molar-refractivity contribution in [2.24, 2.45) is 4.99 Å². The summed E-state index contributed by atoms with van der Waals surface area (Å²) in [6.45, 7) is 5.30. The molecular weight excluding hydrogens is 410 g/mol. The molecule has 3 N–H and O–H groups in total. The maximum absolute atomic E-state index is 12.6. The highest BCUT2D eigenvalue weighted by molar-refractivity contribution is 7.99. The number of guanidine groups is 1. The maximum atomic E-state index is 12.6. The summed E-state index contributed by atoms with van der Waals surface area (Å²) < 4.78 is 0. The molecule has 1 heterocycles. The fraction of sp³-hybridized carbons (Fsp3) is 0.348. The first-order chi connectivity index (χ1) is 15.2. The van der Waals surface area contributed by atoms with Crippen LogP contribution in [0, 0.1) is 0 Å². The molecule has 0 radical (unpaired) electrons. The van der Waals surface area contributed by atoms with Crippen LogP contribution in [0.3, 0.4) is 0 Å². The van der Waals surface area contributed by atoms with Crippen LogP contribution in [0.2, 0.25) is 0 Å². The van der Waals surface area contributed by atoms with Crippen LogP contribution in [0.4, 0.5) is 0 Å². The highest BCUT2D eigenvalue weighted by atomic mass is 32.2. The molecule has 1 saturated heterocycles. The molecule has 1 aliphatic heterocycles. The average molecular weight is 440 g/mol. The van der Waals surface area contributed by atoms with Crippen molar-refractivity contribution in [3.8, 4) is 0 Å². The molecule has 8 heteroatoms. The maximum Gasteiger partial charge on any atom is 0.254 e. The zero-order valence-electron chi connectivity index (χ0n) is 17.8. The van der Waals surface area contributed by atoms with Crippen molar-refractivity contribution >= 4 is 29.5 Å². The van der Waals surface area contributed by atoms with Gasteiger partial charge in [0.1, 0.15) is 0 Å². The Balaban J connectivity index is 1.49. The van der Waals surface area contributed by atoms with E-state index in [0.29, 0.717) is 25.2 Å².